The van der Waals surface area contributed by atoms with Gasteiger partial charge in [-0.05, 0) is 56.4 Å². The van der Waals surface area contributed by atoms with Gasteiger partial charge in [0.25, 0.3) is 11.8 Å². The van der Waals surface area contributed by atoms with Crippen molar-refractivity contribution >= 4 is 35.2 Å². The second kappa shape index (κ2) is 6.88. The zero-order valence-electron chi connectivity index (χ0n) is 13.9. The molecule has 25 heavy (non-hydrogen) atoms. The lowest BCUT2D eigenvalue weighted by Crippen LogP contribution is -2.32. The molecule has 0 bridgehead atoms. The van der Waals surface area contributed by atoms with Crippen molar-refractivity contribution in [3.05, 3.63) is 39.9 Å². The van der Waals surface area contributed by atoms with Crippen LogP contribution in [0.4, 0.5) is 10.5 Å². The molecule has 3 rings (SSSR count). The van der Waals surface area contributed by atoms with Crippen LogP contribution in [-0.2, 0) is 16.1 Å². The Balaban J connectivity index is 1.91. The van der Waals surface area contributed by atoms with Crippen LogP contribution in [0.15, 0.2) is 29.3 Å². The molecular weight excluding hydrogens is 344 g/mol. The van der Waals surface area contributed by atoms with Gasteiger partial charge in [0.2, 0.25) is 0 Å². The van der Waals surface area contributed by atoms with Gasteiger partial charge in [0.15, 0.2) is 0 Å². The summed E-state index contributed by atoms with van der Waals surface area (Å²) in [6.07, 6.45) is 2.07. The normalized spacial score (nSPS) is 17.1. The Labute approximate surface area is 150 Å². The minimum Gasteiger partial charge on any atom is -0.465 e. The van der Waals surface area contributed by atoms with Crippen LogP contribution >= 0.6 is 11.6 Å². The van der Waals surface area contributed by atoms with Crippen molar-refractivity contribution in [2.24, 2.45) is 0 Å². The molecule has 0 unspecified atom stereocenters. The van der Waals surface area contributed by atoms with E-state index in [2.05, 4.69) is 0 Å². The SMILES string of the molecule is CCN(Cc1cc(N2C(=O)C3=C(CCCC3)C2=O)ccc1Cl)C(=O)O. The van der Waals surface area contributed by atoms with E-state index in [0.717, 1.165) is 12.8 Å². The molecule has 0 spiro atoms. The highest BCUT2D eigenvalue weighted by atomic mass is 35.5. The highest BCUT2D eigenvalue weighted by Crippen LogP contribution is 2.36. The zero-order valence-corrected chi connectivity index (χ0v) is 14.7. The van der Waals surface area contributed by atoms with Gasteiger partial charge in [-0.15, -0.1) is 0 Å². The van der Waals surface area contributed by atoms with Crippen LogP contribution in [0.3, 0.4) is 0 Å². The predicted molar refractivity (Wildman–Crippen MR) is 93.5 cm³/mol. The van der Waals surface area contributed by atoms with Crippen LogP contribution in [0.25, 0.3) is 0 Å². The third-order valence-electron chi connectivity index (χ3n) is 4.69. The average Bonchev–Trinajstić information content (AvgIpc) is 2.85. The molecular formula is C18H19ClN2O4. The Hall–Kier alpha value is -2.34. The molecule has 0 saturated carbocycles. The van der Waals surface area contributed by atoms with Gasteiger partial charge in [0.1, 0.15) is 0 Å². The number of imide groups is 1. The van der Waals surface area contributed by atoms with Crippen molar-refractivity contribution in [2.45, 2.75) is 39.2 Å². The lowest BCUT2D eigenvalue weighted by molar-refractivity contribution is -0.120. The van der Waals surface area contributed by atoms with E-state index >= 15 is 0 Å². The molecule has 1 aliphatic carbocycles. The molecule has 0 saturated heterocycles. The summed E-state index contributed by atoms with van der Waals surface area (Å²) in [5.41, 5.74) is 2.24. The molecule has 132 valence electrons. The molecule has 0 aromatic heterocycles. The van der Waals surface area contributed by atoms with E-state index in [0.29, 0.717) is 46.8 Å². The number of nitrogens with zero attached hydrogens (tertiary/aromatic N) is 2. The second-order valence-electron chi connectivity index (χ2n) is 6.18. The Morgan fingerprint density at radius 3 is 2.32 bits per heavy atom. The van der Waals surface area contributed by atoms with Gasteiger partial charge in [0.05, 0.1) is 12.2 Å². The van der Waals surface area contributed by atoms with Crippen molar-refractivity contribution in [3.8, 4) is 0 Å². The maximum Gasteiger partial charge on any atom is 0.407 e. The van der Waals surface area contributed by atoms with Gasteiger partial charge in [-0.3, -0.25) is 9.59 Å². The molecule has 2 aliphatic rings. The number of benzene rings is 1. The average molecular weight is 363 g/mol. The maximum absolute atomic E-state index is 12.6. The third kappa shape index (κ3) is 3.14. The Morgan fingerprint density at radius 1 is 1.20 bits per heavy atom. The fraction of sp³-hybridized carbons (Fsp3) is 0.389. The fourth-order valence-corrected chi connectivity index (χ4v) is 3.49. The number of carboxylic acid groups (broad SMARTS) is 1. The highest BCUT2D eigenvalue weighted by molar-refractivity contribution is 6.34. The van der Waals surface area contributed by atoms with E-state index in [4.69, 9.17) is 11.6 Å². The van der Waals surface area contributed by atoms with Gasteiger partial charge in [-0.1, -0.05) is 11.6 Å². The lowest BCUT2D eigenvalue weighted by atomic mass is 9.93. The smallest absolute Gasteiger partial charge is 0.407 e. The number of carbonyl (C=O) groups is 3. The molecule has 3 amide bonds. The number of hydrogen-bond donors (Lipinski definition) is 1. The summed E-state index contributed by atoms with van der Waals surface area (Å²) in [5.74, 6) is -0.530. The number of carbonyl (C=O) groups excluding carboxylic acids is 2. The molecule has 0 fully saturated rings. The Bertz CT molecular complexity index is 759. The maximum atomic E-state index is 12.6. The van der Waals surface area contributed by atoms with Crippen molar-refractivity contribution in [1.29, 1.82) is 0 Å². The van der Waals surface area contributed by atoms with Gasteiger partial charge >= 0.3 is 6.09 Å². The molecule has 1 aromatic rings. The van der Waals surface area contributed by atoms with E-state index < -0.39 is 6.09 Å². The predicted octanol–water partition coefficient (Wildman–Crippen LogP) is 3.58. The van der Waals surface area contributed by atoms with Crippen LogP contribution < -0.4 is 4.90 Å². The summed E-state index contributed by atoms with van der Waals surface area (Å²) >= 11 is 6.18. The van der Waals surface area contributed by atoms with E-state index in [1.165, 1.54) is 9.80 Å². The van der Waals surface area contributed by atoms with Crippen LogP contribution in [0.5, 0.6) is 0 Å². The number of anilines is 1. The highest BCUT2D eigenvalue weighted by Gasteiger charge is 2.39. The monoisotopic (exact) mass is 362 g/mol. The lowest BCUT2D eigenvalue weighted by Gasteiger charge is -2.20. The second-order valence-corrected chi connectivity index (χ2v) is 6.59. The van der Waals surface area contributed by atoms with Crippen LogP contribution in [0, 0.1) is 0 Å². The summed E-state index contributed by atoms with van der Waals surface area (Å²) < 4.78 is 0. The van der Waals surface area contributed by atoms with E-state index in [-0.39, 0.29) is 18.4 Å². The largest absolute Gasteiger partial charge is 0.465 e. The number of halogens is 1. The topological polar surface area (TPSA) is 77.9 Å². The van der Waals surface area contributed by atoms with Gasteiger partial charge in [0, 0.05) is 22.7 Å². The Kier molecular flexibility index (Phi) is 4.81. The molecule has 0 atom stereocenters. The number of hydrogen-bond acceptors (Lipinski definition) is 3. The first-order chi connectivity index (χ1) is 11.9. The molecule has 1 N–H and O–H groups in total. The summed E-state index contributed by atoms with van der Waals surface area (Å²) in [7, 11) is 0. The molecule has 0 radical (unpaired) electrons. The molecule has 1 heterocycles. The van der Waals surface area contributed by atoms with Crippen molar-refractivity contribution in [1.82, 2.24) is 4.90 Å². The van der Waals surface area contributed by atoms with Crippen molar-refractivity contribution < 1.29 is 19.5 Å². The first kappa shape index (κ1) is 17.5. The van der Waals surface area contributed by atoms with Crippen LogP contribution in [-0.4, -0.2) is 34.5 Å². The summed E-state index contributed by atoms with van der Waals surface area (Å²) in [6, 6.07) is 4.85. The van der Waals surface area contributed by atoms with E-state index in [1.807, 2.05) is 0 Å². The minimum atomic E-state index is -1.05. The van der Waals surface area contributed by atoms with Gasteiger partial charge in [-0.2, -0.15) is 0 Å². The first-order valence-electron chi connectivity index (χ1n) is 8.31. The van der Waals surface area contributed by atoms with Crippen molar-refractivity contribution in [2.75, 3.05) is 11.4 Å². The van der Waals surface area contributed by atoms with E-state index in [1.54, 1.807) is 25.1 Å². The quantitative estimate of drug-likeness (QED) is 0.830. The van der Waals surface area contributed by atoms with E-state index in [9.17, 15) is 19.5 Å². The minimum absolute atomic E-state index is 0.0991. The van der Waals surface area contributed by atoms with Gasteiger partial charge < -0.3 is 10.0 Å². The standard InChI is InChI=1S/C18H19ClN2O4/c1-2-20(18(24)25)10-11-9-12(7-8-15(11)19)21-16(22)13-5-3-4-6-14(13)17(21)23/h7-9H,2-6,10H2,1H3,(H,24,25). The molecule has 7 heteroatoms. The summed E-state index contributed by atoms with van der Waals surface area (Å²) in [6.45, 7) is 2.15. The first-order valence-corrected chi connectivity index (χ1v) is 8.69. The molecule has 1 aliphatic heterocycles. The molecule has 6 nitrogen and oxygen atoms in total. The zero-order chi connectivity index (χ0) is 18.1. The van der Waals surface area contributed by atoms with Gasteiger partial charge in [-0.25, -0.2) is 9.69 Å². The number of amides is 3. The fourth-order valence-electron chi connectivity index (χ4n) is 3.32. The van der Waals surface area contributed by atoms with Crippen LogP contribution in [0.1, 0.15) is 38.2 Å². The summed E-state index contributed by atoms with van der Waals surface area (Å²) in [4.78, 5) is 38.9. The van der Waals surface area contributed by atoms with Crippen molar-refractivity contribution in [3.63, 3.8) is 0 Å². The third-order valence-corrected chi connectivity index (χ3v) is 5.06. The van der Waals surface area contributed by atoms with Crippen LogP contribution in [0.2, 0.25) is 5.02 Å². The Morgan fingerprint density at radius 2 is 1.80 bits per heavy atom. The summed E-state index contributed by atoms with van der Waals surface area (Å²) in [5, 5.41) is 9.59. The molecule has 1 aromatic carbocycles. The number of rotatable bonds is 4.